The monoisotopic (exact) mass is 1400 g/mol. The molecule has 4 amide bonds. The molecule has 0 aliphatic carbocycles. The molecule has 542 valence electrons. The Morgan fingerprint density at radius 2 is 1.14 bits per heavy atom. The van der Waals surface area contributed by atoms with Crippen LogP contribution in [0.5, 0.6) is 0 Å². The second-order valence-electron chi connectivity index (χ2n) is 22.1. The van der Waals surface area contributed by atoms with Gasteiger partial charge in [0.15, 0.2) is 0 Å². The summed E-state index contributed by atoms with van der Waals surface area (Å²) in [7, 11) is -1.93. The first-order valence-corrected chi connectivity index (χ1v) is 34.5. The molecule has 0 unspecified atom stereocenters. The van der Waals surface area contributed by atoms with Crippen molar-refractivity contribution in [2.45, 2.75) is 58.2 Å². The largest absolute Gasteiger partial charge is 0.416 e. The molecule has 2 heterocycles. The van der Waals surface area contributed by atoms with E-state index in [1.807, 2.05) is 57.2 Å². The molecular weight excluding hydrogens is 1300 g/mol. The Morgan fingerprint density at radius 1 is 0.602 bits per heavy atom. The van der Waals surface area contributed by atoms with E-state index in [4.69, 9.17) is 52.1 Å². The molecule has 24 nitrogen and oxygen atoms in total. The zero-order chi connectivity index (χ0) is 70.6. The van der Waals surface area contributed by atoms with Crippen LogP contribution in [0.1, 0.15) is 70.2 Å². The van der Waals surface area contributed by atoms with E-state index in [0.717, 1.165) is 48.5 Å². The van der Waals surface area contributed by atoms with Gasteiger partial charge >= 0.3 is 6.18 Å². The zero-order valence-corrected chi connectivity index (χ0v) is 57.9. The number of halogens is 3. The number of carbonyl (C=O) groups excluding carboxylic acids is 4. The molecule has 1 saturated heterocycles. The number of pyridine rings is 1. The summed E-state index contributed by atoms with van der Waals surface area (Å²) in [5.41, 5.74) is 4.59. The summed E-state index contributed by atoms with van der Waals surface area (Å²) in [4.78, 5) is 60.4. The van der Waals surface area contributed by atoms with Crippen LogP contribution in [0.15, 0.2) is 114 Å². The number of piperazine rings is 1. The molecule has 98 heavy (non-hydrogen) atoms. The van der Waals surface area contributed by atoms with Crippen LogP contribution in [0.3, 0.4) is 0 Å². The number of sulfonamides is 1. The van der Waals surface area contributed by atoms with Crippen molar-refractivity contribution < 1.29 is 92.9 Å². The fourth-order valence-corrected chi connectivity index (χ4v) is 10.5. The third-order valence-corrected chi connectivity index (χ3v) is 16.4. The molecule has 0 saturated carbocycles. The third kappa shape index (κ3) is 32.3. The highest BCUT2D eigenvalue weighted by atomic mass is 32.2. The molecule has 6 rings (SSSR count). The van der Waals surface area contributed by atoms with Crippen molar-refractivity contribution in [2.24, 2.45) is 0 Å². The van der Waals surface area contributed by atoms with Crippen molar-refractivity contribution in [2.75, 3.05) is 202 Å². The van der Waals surface area contributed by atoms with E-state index in [1.165, 1.54) is 31.3 Å². The molecule has 28 heteroatoms. The number of hydrogen-bond acceptors (Lipinski definition) is 19. The number of alkyl halides is 3. The number of nitrogens with zero attached hydrogens (tertiary/aromatic N) is 4. The molecule has 0 spiro atoms. The minimum atomic E-state index is -4.50. The van der Waals surface area contributed by atoms with Crippen LogP contribution in [-0.2, 0) is 90.9 Å². The van der Waals surface area contributed by atoms with Gasteiger partial charge in [-0.1, -0.05) is 42.0 Å². The number of aromatic nitrogens is 1. The highest BCUT2D eigenvalue weighted by Gasteiger charge is 2.30. The number of carbonyl (C=O) groups is 4. The lowest BCUT2D eigenvalue weighted by Gasteiger charge is -2.33. The topological polar surface area (TPSA) is 263 Å². The first-order valence-electron chi connectivity index (χ1n) is 33.0. The van der Waals surface area contributed by atoms with Crippen LogP contribution in [0.4, 0.5) is 24.5 Å². The molecule has 0 bridgehead atoms. The average molecular weight is 1400 g/mol. The van der Waals surface area contributed by atoms with E-state index >= 15 is 0 Å². The molecule has 5 aromatic rings. The highest BCUT2D eigenvalue weighted by molar-refractivity contribution is 7.89. The van der Waals surface area contributed by atoms with Gasteiger partial charge in [-0.3, -0.25) is 24.2 Å². The van der Waals surface area contributed by atoms with Gasteiger partial charge in [0.2, 0.25) is 21.8 Å². The van der Waals surface area contributed by atoms with Crippen LogP contribution in [0.2, 0.25) is 0 Å². The summed E-state index contributed by atoms with van der Waals surface area (Å²) >= 11 is 0. The molecule has 1 aliphatic rings. The quantitative estimate of drug-likeness (QED) is 0.0318. The second-order valence-corrected chi connectivity index (χ2v) is 23.9. The first kappa shape index (κ1) is 81.6. The van der Waals surface area contributed by atoms with Gasteiger partial charge in [-0.25, -0.2) is 13.1 Å². The number of amides is 4. The van der Waals surface area contributed by atoms with Gasteiger partial charge in [0.25, 0.3) is 11.8 Å². The maximum atomic E-state index is 13.7. The van der Waals surface area contributed by atoms with Crippen LogP contribution in [0, 0.1) is 6.92 Å². The van der Waals surface area contributed by atoms with E-state index in [1.54, 1.807) is 53.3 Å². The Labute approximate surface area is 574 Å². The summed E-state index contributed by atoms with van der Waals surface area (Å²) in [5.74, 6) is -0.919. The highest BCUT2D eigenvalue weighted by Crippen LogP contribution is 2.33. The van der Waals surface area contributed by atoms with Crippen molar-refractivity contribution in [3.8, 4) is 11.3 Å². The van der Waals surface area contributed by atoms with E-state index in [0.29, 0.717) is 186 Å². The number of anilines is 2. The fraction of sp³-hybridized carbons (Fsp3) is 0.529. The van der Waals surface area contributed by atoms with Crippen molar-refractivity contribution in [1.29, 1.82) is 0 Å². The standard InChI is InChI=1S/C49H58F3N5O8S.C21H40N2O9/c1-4-57(5-2)42-16-19-45(44(34-42)46-33-40(20-21-53-46)47(58)54-35-38-10-7-13-41(32-38)49(50,51)52)56-48(59)39-12-6-9-37(31-39)11-8-23-62-25-27-64-29-30-65-28-26-63-24-22-55-66(60,61)43-17-14-36(3)15-18-43;1-20(24)23-4-3-22(21(25)19-23)5-6-27-9-10-29-13-14-31-17-18-32-16-15-30-12-11-28-8-7-26-2/h6-7,9-10,12-21,31-34,55H,4-5,8,11,22-30,35H2,1-3H3,(H,54,58)(H,56,59);3-19H2,1-2H3. The number of aryl methyl sites for hydroxylation is 2. The first-order chi connectivity index (χ1) is 47.4. The normalized spacial score (nSPS) is 12.6. The summed E-state index contributed by atoms with van der Waals surface area (Å²) in [6, 6.07) is 27.6. The Hall–Kier alpha value is -7.03. The van der Waals surface area contributed by atoms with Gasteiger partial charge in [-0.05, 0) is 111 Å². The van der Waals surface area contributed by atoms with Gasteiger partial charge in [0.05, 0.1) is 161 Å². The van der Waals surface area contributed by atoms with Crippen LogP contribution >= 0.6 is 0 Å². The van der Waals surface area contributed by atoms with E-state index in [2.05, 4.69) is 25.2 Å². The minimum absolute atomic E-state index is 0.0386. The lowest BCUT2D eigenvalue weighted by Crippen LogP contribution is -2.52. The number of ether oxygens (including phenoxy) is 11. The Bertz CT molecular complexity index is 3220. The predicted octanol–water partition coefficient (Wildman–Crippen LogP) is 7.50. The summed E-state index contributed by atoms with van der Waals surface area (Å²) in [5, 5.41) is 5.73. The van der Waals surface area contributed by atoms with Crippen LogP contribution < -0.4 is 20.3 Å². The van der Waals surface area contributed by atoms with Crippen LogP contribution in [-0.4, -0.2) is 238 Å². The molecule has 3 N–H and O–H groups in total. The fourth-order valence-electron chi connectivity index (χ4n) is 9.48. The van der Waals surface area contributed by atoms with E-state index in [9.17, 15) is 40.8 Å². The minimum Gasteiger partial charge on any atom is -0.382 e. The SMILES string of the molecule is CCN(CC)c1ccc(NC(=O)c2cccc(CCCOCCOCCOCCOCCNS(=O)(=O)c3ccc(C)cc3)c2)c(-c2cc(C(=O)NCc3cccc(C(F)(F)F)c3)ccn2)c1.COCCOCCOCCOCCOCCOCCOCCN1CCN(C(C)=O)CC1=O. The van der Waals surface area contributed by atoms with E-state index < -0.39 is 27.7 Å². The molecule has 1 aliphatic heterocycles. The predicted molar refractivity (Wildman–Crippen MR) is 364 cm³/mol. The maximum Gasteiger partial charge on any atom is 0.416 e. The van der Waals surface area contributed by atoms with Gasteiger partial charge < -0.3 is 77.4 Å². The Balaban J connectivity index is 0.000000454. The van der Waals surface area contributed by atoms with Gasteiger partial charge in [0.1, 0.15) is 0 Å². The molecule has 0 radical (unpaired) electrons. The summed E-state index contributed by atoms with van der Waals surface area (Å²) in [6.45, 7) is 20.5. The van der Waals surface area contributed by atoms with Gasteiger partial charge in [-0.15, -0.1) is 0 Å². The van der Waals surface area contributed by atoms with E-state index in [-0.39, 0.29) is 54.4 Å². The summed E-state index contributed by atoms with van der Waals surface area (Å²) < 4.78 is 126. The van der Waals surface area contributed by atoms with Gasteiger partial charge in [-0.2, -0.15) is 13.2 Å². The molecule has 1 fully saturated rings. The molecule has 1 aromatic heterocycles. The molecule has 0 atom stereocenters. The van der Waals surface area contributed by atoms with Crippen molar-refractivity contribution in [3.05, 3.63) is 143 Å². The Kier molecular flexibility index (Phi) is 39.2. The second kappa shape index (κ2) is 47.1. The van der Waals surface area contributed by atoms with Gasteiger partial charge in [0, 0.05) is 95.0 Å². The third-order valence-electron chi connectivity index (χ3n) is 14.9. The molecular formula is C70H98F3N7O17S. The molecule has 4 aromatic carbocycles. The number of hydrogen-bond donors (Lipinski definition) is 3. The lowest BCUT2D eigenvalue weighted by molar-refractivity contribution is -0.144. The van der Waals surface area contributed by atoms with Crippen molar-refractivity contribution >= 4 is 45.0 Å². The average Bonchev–Trinajstić information content (AvgIpc) is 0.812. The Morgan fingerprint density at radius 3 is 1.70 bits per heavy atom. The number of nitrogens with one attached hydrogen (secondary N) is 3. The maximum absolute atomic E-state index is 13.7. The lowest BCUT2D eigenvalue weighted by atomic mass is 10.0. The number of benzene rings is 4. The summed E-state index contributed by atoms with van der Waals surface area (Å²) in [6.07, 6.45) is -1.60. The zero-order valence-electron chi connectivity index (χ0n) is 57.1. The smallest absolute Gasteiger partial charge is 0.382 e. The number of methoxy groups -OCH3 is 1. The van der Waals surface area contributed by atoms with Crippen molar-refractivity contribution in [3.63, 3.8) is 0 Å². The van der Waals surface area contributed by atoms with Crippen molar-refractivity contribution in [1.82, 2.24) is 24.8 Å². The number of rotatable bonds is 48. The van der Waals surface area contributed by atoms with Crippen LogP contribution in [0.25, 0.3) is 11.3 Å².